The van der Waals surface area contributed by atoms with Crippen molar-refractivity contribution in [3.63, 3.8) is 0 Å². The average molecular weight is 411 g/mol. The summed E-state index contributed by atoms with van der Waals surface area (Å²) in [6.45, 7) is 9.48. The van der Waals surface area contributed by atoms with E-state index in [9.17, 15) is 4.79 Å². The van der Waals surface area contributed by atoms with Crippen LogP contribution in [0.3, 0.4) is 0 Å². The Hall–Kier alpha value is -2.57. The van der Waals surface area contributed by atoms with Gasteiger partial charge in [0.2, 0.25) is 0 Å². The standard InChI is InChI=1S/C24H30N2O4/c1-24(2)16-20-4-3-5-21(22(20)30-24)29-17-18-6-8-19(9-7-18)23(27)25-10-11-26-12-14-28-15-13-26/h3-9H,10-17H2,1-2H3,(H,25,27). The molecular weight excluding hydrogens is 380 g/mol. The second-order valence-corrected chi connectivity index (χ2v) is 8.48. The SMILES string of the molecule is CC1(C)Cc2cccc(OCc3ccc(C(=O)NCCN4CCOCC4)cc3)c2O1. The largest absolute Gasteiger partial charge is 0.485 e. The molecule has 2 aliphatic rings. The summed E-state index contributed by atoms with van der Waals surface area (Å²) in [5.74, 6) is 1.56. The van der Waals surface area contributed by atoms with E-state index in [0.29, 0.717) is 18.7 Å². The van der Waals surface area contributed by atoms with Crippen LogP contribution in [0.5, 0.6) is 11.5 Å². The number of hydrogen-bond acceptors (Lipinski definition) is 5. The van der Waals surface area contributed by atoms with E-state index < -0.39 is 0 Å². The summed E-state index contributed by atoms with van der Waals surface area (Å²) in [5, 5.41) is 2.99. The molecule has 2 aromatic carbocycles. The molecule has 0 bridgehead atoms. The number of carbonyl (C=O) groups excluding carboxylic acids is 1. The van der Waals surface area contributed by atoms with Gasteiger partial charge in [0, 0.05) is 43.7 Å². The molecule has 6 heteroatoms. The maximum atomic E-state index is 12.4. The molecule has 6 nitrogen and oxygen atoms in total. The third kappa shape index (κ3) is 5.12. The fourth-order valence-corrected chi connectivity index (χ4v) is 3.87. The van der Waals surface area contributed by atoms with Crippen LogP contribution in [0.4, 0.5) is 0 Å². The number of rotatable bonds is 7. The quantitative estimate of drug-likeness (QED) is 0.760. The molecular formula is C24H30N2O4. The monoisotopic (exact) mass is 410 g/mol. The first-order chi connectivity index (χ1) is 14.5. The van der Waals surface area contributed by atoms with E-state index in [1.54, 1.807) is 0 Å². The van der Waals surface area contributed by atoms with Crippen molar-refractivity contribution in [3.05, 3.63) is 59.2 Å². The van der Waals surface area contributed by atoms with E-state index in [2.05, 4.69) is 30.1 Å². The Morgan fingerprint density at radius 3 is 2.67 bits per heavy atom. The Balaban J connectivity index is 1.27. The topological polar surface area (TPSA) is 60.0 Å². The summed E-state index contributed by atoms with van der Waals surface area (Å²) in [5.41, 5.74) is 2.65. The molecule has 1 saturated heterocycles. The number of amides is 1. The van der Waals surface area contributed by atoms with Crippen molar-refractivity contribution in [2.24, 2.45) is 0 Å². The molecule has 0 unspecified atom stereocenters. The molecule has 1 N–H and O–H groups in total. The maximum absolute atomic E-state index is 12.4. The highest BCUT2D eigenvalue weighted by Gasteiger charge is 2.32. The fourth-order valence-electron chi connectivity index (χ4n) is 3.87. The van der Waals surface area contributed by atoms with Gasteiger partial charge in [-0.05, 0) is 37.6 Å². The Kier molecular flexibility index (Phi) is 6.25. The minimum Gasteiger partial charge on any atom is -0.485 e. The third-order valence-corrected chi connectivity index (χ3v) is 5.48. The van der Waals surface area contributed by atoms with E-state index in [0.717, 1.165) is 56.3 Å². The van der Waals surface area contributed by atoms with Crippen LogP contribution in [-0.2, 0) is 17.8 Å². The predicted octanol–water partition coefficient (Wildman–Crippen LogP) is 3.04. The molecule has 1 fully saturated rings. The average Bonchev–Trinajstić information content (AvgIpc) is 3.07. The van der Waals surface area contributed by atoms with Crippen molar-refractivity contribution in [3.8, 4) is 11.5 Å². The van der Waals surface area contributed by atoms with Gasteiger partial charge in [0.05, 0.1) is 13.2 Å². The van der Waals surface area contributed by atoms with Crippen LogP contribution in [0, 0.1) is 0 Å². The lowest BCUT2D eigenvalue weighted by atomic mass is 10.0. The minimum absolute atomic E-state index is 0.0489. The smallest absolute Gasteiger partial charge is 0.251 e. The van der Waals surface area contributed by atoms with Crippen molar-refractivity contribution >= 4 is 5.91 Å². The number of fused-ring (bicyclic) bond motifs is 1. The second kappa shape index (κ2) is 9.06. The van der Waals surface area contributed by atoms with Gasteiger partial charge in [-0.2, -0.15) is 0 Å². The Morgan fingerprint density at radius 1 is 1.13 bits per heavy atom. The van der Waals surface area contributed by atoms with E-state index >= 15 is 0 Å². The maximum Gasteiger partial charge on any atom is 0.251 e. The fraction of sp³-hybridized carbons (Fsp3) is 0.458. The first-order valence-electron chi connectivity index (χ1n) is 10.6. The lowest BCUT2D eigenvalue weighted by Crippen LogP contribution is -2.41. The van der Waals surface area contributed by atoms with Crippen molar-refractivity contribution in [2.75, 3.05) is 39.4 Å². The highest BCUT2D eigenvalue weighted by Crippen LogP contribution is 2.41. The molecule has 0 aromatic heterocycles. The molecule has 2 aliphatic heterocycles. The molecule has 0 radical (unpaired) electrons. The summed E-state index contributed by atoms with van der Waals surface area (Å²) in [6.07, 6.45) is 0.884. The highest BCUT2D eigenvalue weighted by atomic mass is 16.5. The van der Waals surface area contributed by atoms with Crippen molar-refractivity contribution in [2.45, 2.75) is 32.5 Å². The summed E-state index contributed by atoms with van der Waals surface area (Å²) < 4.78 is 17.4. The van der Waals surface area contributed by atoms with Gasteiger partial charge in [0.25, 0.3) is 5.91 Å². The summed E-state index contributed by atoms with van der Waals surface area (Å²) in [6, 6.07) is 13.6. The van der Waals surface area contributed by atoms with E-state index in [1.807, 2.05) is 36.4 Å². The van der Waals surface area contributed by atoms with Crippen LogP contribution in [0.2, 0.25) is 0 Å². The molecule has 0 atom stereocenters. The van der Waals surface area contributed by atoms with E-state index in [1.165, 1.54) is 5.56 Å². The first kappa shape index (κ1) is 20.7. The molecule has 0 spiro atoms. The zero-order valence-electron chi connectivity index (χ0n) is 17.8. The molecule has 1 amide bonds. The molecule has 0 saturated carbocycles. The van der Waals surface area contributed by atoms with Gasteiger partial charge in [0.15, 0.2) is 11.5 Å². The Bertz CT molecular complexity index is 873. The third-order valence-electron chi connectivity index (χ3n) is 5.48. The first-order valence-corrected chi connectivity index (χ1v) is 10.6. The molecule has 30 heavy (non-hydrogen) atoms. The second-order valence-electron chi connectivity index (χ2n) is 8.48. The summed E-state index contributed by atoms with van der Waals surface area (Å²) in [7, 11) is 0. The normalized spacial score (nSPS) is 17.8. The number of benzene rings is 2. The predicted molar refractivity (Wildman–Crippen MR) is 115 cm³/mol. The minimum atomic E-state index is -0.196. The van der Waals surface area contributed by atoms with Gasteiger partial charge in [-0.15, -0.1) is 0 Å². The molecule has 2 aromatic rings. The molecule has 4 rings (SSSR count). The Labute approximate surface area is 178 Å². The number of nitrogens with one attached hydrogen (secondary N) is 1. The molecule has 0 aliphatic carbocycles. The van der Waals surface area contributed by atoms with Gasteiger partial charge in [-0.3, -0.25) is 9.69 Å². The number of ether oxygens (including phenoxy) is 3. The van der Waals surface area contributed by atoms with Crippen LogP contribution in [0.15, 0.2) is 42.5 Å². The van der Waals surface area contributed by atoms with Gasteiger partial charge in [-0.25, -0.2) is 0 Å². The van der Waals surface area contributed by atoms with Crippen LogP contribution >= 0.6 is 0 Å². The summed E-state index contributed by atoms with van der Waals surface area (Å²) >= 11 is 0. The van der Waals surface area contributed by atoms with Gasteiger partial charge in [0.1, 0.15) is 12.2 Å². The van der Waals surface area contributed by atoms with Crippen molar-refractivity contribution in [1.29, 1.82) is 0 Å². The van der Waals surface area contributed by atoms with Crippen LogP contribution < -0.4 is 14.8 Å². The Morgan fingerprint density at radius 2 is 1.90 bits per heavy atom. The van der Waals surface area contributed by atoms with Gasteiger partial charge in [-0.1, -0.05) is 24.3 Å². The molecule has 160 valence electrons. The molecule has 2 heterocycles. The highest BCUT2D eigenvalue weighted by molar-refractivity contribution is 5.94. The van der Waals surface area contributed by atoms with Crippen molar-refractivity contribution < 1.29 is 19.0 Å². The summed E-state index contributed by atoms with van der Waals surface area (Å²) in [4.78, 5) is 14.7. The van der Waals surface area contributed by atoms with Crippen LogP contribution in [0.25, 0.3) is 0 Å². The van der Waals surface area contributed by atoms with Crippen molar-refractivity contribution in [1.82, 2.24) is 10.2 Å². The lowest BCUT2D eigenvalue weighted by molar-refractivity contribution is 0.0383. The zero-order chi connectivity index (χ0) is 21.0. The van der Waals surface area contributed by atoms with Crippen LogP contribution in [-0.4, -0.2) is 55.8 Å². The van der Waals surface area contributed by atoms with Gasteiger partial charge >= 0.3 is 0 Å². The number of nitrogens with zero attached hydrogens (tertiary/aromatic N) is 1. The zero-order valence-corrected chi connectivity index (χ0v) is 17.8. The number of hydrogen-bond donors (Lipinski definition) is 1. The van der Waals surface area contributed by atoms with E-state index in [4.69, 9.17) is 14.2 Å². The number of para-hydroxylation sites is 1. The van der Waals surface area contributed by atoms with Crippen LogP contribution in [0.1, 0.15) is 35.3 Å². The van der Waals surface area contributed by atoms with E-state index in [-0.39, 0.29) is 11.5 Å². The number of carbonyl (C=O) groups is 1. The number of morpholine rings is 1. The van der Waals surface area contributed by atoms with Gasteiger partial charge < -0.3 is 19.5 Å². The lowest BCUT2D eigenvalue weighted by Gasteiger charge is -2.26.